The Bertz CT molecular complexity index is 369. The summed E-state index contributed by atoms with van der Waals surface area (Å²) in [6, 6.07) is 7.71. The van der Waals surface area contributed by atoms with Crippen molar-refractivity contribution in [3.63, 3.8) is 0 Å². The van der Waals surface area contributed by atoms with Crippen LogP contribution < -0.4 is 5.32 Å². The summed E-state index contributed by atoms with van der Waals surface area (Å²) in [4.78, 5) is 11.8. The topological polar surface area (TPSA) is 29.1 Å². The Hall–Kier alpha value is -1.31. The molecule has 1 N–H and O–H groups in total. The van der Waals surface area contributed by atoms with Gasteiger partial charge in [0, 0.05) is 12.1 Å². The fourth-order valence-electron chi connectivity index (χ4n) is 2.01. The van der Waals surface area contributed by atoms with Gasteiger partial charge in [0.25, 0.3) is 5.91 Å². The molecule has 0 saturated carbocycles. The summed E-state index contributed by atoms with van der Waals surface area (Å²) in [5.74, 6) is 0.879. The third-order valence-corrected chi connectivity index (χ3v) is 3.67. The van der Waals surface area contributed by atoms with E-state index in [1.54, 1.807) is 0 Å². The van der Waals surface area contributed by atoms with Crippen LogP contribution in [0.5, 0.6) is 0 Å². The van der Waals surface area contributed by atoms with Crippen LogP contribution in [0, 0.1) is 12.8 Å². The van der Waals surface area contributed by atoms with Crippen LogP contribution in [0.4, 0.5) is 0 Å². The molecule has 0 spiro atoms. The zero-order valence-electron chi connectivity index (χ0n) is 12.5. The predicted octanol–water partition coefficient (Wildman–Crippen LogP) is 4.33. The summed E-state index contributed by atoms with van der Waals surface area (Å²) in [6.45, 7) is 7.36. The number of unbranched alkanes of at least 4 members (excludes halogenated alkanes) is 2. The van der Waals surface area contributed by atoms with E-state index in [9.17, 15) is 4.79 Å². The first kappa shape index (κ1) is 15.7. The monoisotopic (exact) mass is 261 g/mol. The van der Waals surface area contributed by atoms with Gasteiger partial charge < -0.3 is 5.32 Å². The standard InChI is InChI=1S/C17H27NO/c1-4-14(2)8-6-5-7-13-18-17(19)16-11-9-15(3)10-12-16/h9-12,14H,4-8,13H2,1-3H3,(H,18,19). The van der Waals surface area contributed by atoms with Crippen molar-refractivity contribution in [2.75, 3.05) is 6.54 Å². The minimum absolute atomic E-state index is 0.0435. The van der Waals surface area contributed by atoms with Crippen LogP contribution in [0.3, 0.4) is 0 Å². The molecule has 106 valence electrons. The van der Waals surface area contributed by atoms with Gasteiger partial charge in [-0.1, -0.05) is 57.2 Å². The van der Waals surface area contributed by atoms with Gasteiger partial charge in [-0.2, -0.15) is 0 Å². The molecule has 0 radical (unpaired) electrons. The number of amides is 1. The zero-order chi connectivity index (χ0) is 14.1. The number of rotatable bonds is 8. The van der Waals surface area contributed by atoms with Crippen molar-refractivity contribution < 1.29 is 4.79 Å². The number of carbonyl (C=O) groups excluding carboxylic acids is 1. The quantitative estimate of drug-likeness (QED) is 0.693. The van der Waals surface area contributed by atoms with Gasteiger partial charge in [-0.3, -0.25) is 4.79 Å². The molecule has 0 saturated heterocycles. The Kier molecular flexibility index (Phi) is 7.24. The average Bonchev–Trinajstić information content (AvgIpc) is 2.42. The molecule has 1 atom stereocenters. The lowest BCUT2D eigenvalue weighted by Gasteiger charge is -2.08. The van der Waals surface area contributed by atoms with E-state index in [1.807, 2.05) is 31.2 Å². The zero-order valence-corrected chi connectivity index (χ0v) is 12.5. The van der Waals surface area contributed by atoms with Gasteiger partial charge in [0.05, 0.1) is 0 Å². The minimum Gasteiger partial charge on any atom is -0.352 e. The maximum absolute atomic E-state index is 11.8. The third-order valence-electron chi connectivity index (χ3n) is 3.67. The van der Waals surface area contributed by atoms with Gasteiger partial charge >= 0.3 is 0 Å². The van der Waals surface area contributed by atoms with Crippen LogP contribution in [0.1, 0.15) is 61.9 Å². The Morgan fingerprint density at radius 1 is 1.16 bits per heavy atom. The maximum atomic E-state index is 11.8. The van der Waals surface area contributed by atoms with Gasteiger partial charge in [-0.25, -0.2) is 0 Å². The van der Waals surface area contributed by atoms with Gasteiger partial charge in [0.1, 0.15) is 0 Å². The highest BCUT2D eigenvalue weighted by Crippen LogP contribution is 2.11. The number of carbonyl (C=O) groups is 1. The normalized spacial score (nSPS) is 12.2. The SMILES string of the molecule is CCC(C)CCCCCNC(=O)c1ccc(C)cc1. The number of benzene rings is 1. The van der Waals surface area contributed by atoms with Gasteiger partial charge in [0.2, 0.25) is 0 Å². The molecule has 1 aromatic rings. The number of nitrogens with one attached hydrogen (secondary N) is 1. The van der Waals surface area contributed by atoms with E-state index < -0.39 is 0 Å². The molecule has 1 aromatic carbocycles. The molecule has 0 aliphatic carbocycles. The summed E-state index contributed by atoms with van der Waals surface area (Å²) in [5, 5.41) is 2.98. The molecule has 0 heterocycles. The second-order valence-corrected chi connectivity index (χ2v) is 5.48. The van der Waals surface area contributed by atoms with Crippen LogP contribution in [0.2, 0.25) is 0 Å². The van der Waals surface area contributed by atoms with Crippen molar-refractivity contribution in [2.45, 2.75) is 52.9 Å². The molecule has 0 fully saturated rings. The molecular weight excluding hydrogens is 234 g/mol. The summed E-state index contributed by atoms with van der Waals surface area (Å²) >= 11 is 0. The molecule has 0 aliphatic rings. The lowest BCUT2D eigenvalue weighted by Crippen LogP contribution is -2.24. The molecule has 2 heteroatoms. The molecule has 0 aliphatic heterocycles. The van der Waals surface area contributed by atoms with E-state index in [0.717, 1.165) is 24.4 Å². The molecule has 1 amide bonds. The van der Waals surface area contributed by atoms with Crippen molar-refractivity contribution in [3.05, 3.63) is 35.4 Å². The molecule has 19 heavy (non-hydrogen) atoms. The number of hydrogen-bond acceptors (Lipinski definition) is 1. The molecular formula is C17H27NO. The highest BCUT2D eigenvalue weighted by Gasteiger charge is 2.03. The van der Waals surface area contributed by atoms with Gasteiger partial charge in [-0.15, -0.1) is 0 Å². The van der Waals surface area contributed by atoms with Crippen molar-refractivity contribution >= 4 is 5.91 Å². The van der Waals surface area contributed by atoms with Crippen LogP contribution in [0.15, 0.2) is 24.3 Å². The molecule has 1 unspecified atom stereocenters. The largest absolute Gasteiger partial charge is 0.352 e. The van der Waals surface area contributed by atoms with E-state index in [2.05, 4.69) is 19.2 Å². The lowest BCUT2D eigenvalue weighted by molar-refractivity contribution is 0.0953. The maximum Gasteiger partial charge on any atom is 0.251 e. The smallest absolute Gasteiger partial charge is 0.251 e. The van der Waals surface area contributed by atoms with E-state index in [0.29, 0.717) is 0 Å². The highest BCUT2D eigenvalue weighted by molar-refractivity contribution is 5.94. The minimum atomic E-state index is 0.0435. The number of hydrogen-bond donors (Lipinski definition) is 1. The molecule has 0 bridgehead atoms. The molecule has 2 nitrogen and oxygen atoms in total. The van der Waals surface area contributed by atoms with E-state index >= 15 is 0 Å². The first-order valence-corrected chi connectivity index (χ1v) is 7.48. The van der Waals surface area contributed by atoms with Crippen LogP contribution >= 0.6 is 0 Å². The summed E-state index contributed by atoms with van der Waals surface area (Å²) in [7, 11) is 0. The first-order chi connectivity index (χ1) is 9.13. The highest BCUT2D eigenvalue weighted by atomic mass is 16.1. The predicted molar refractivity (Wildman–Crippen MR) is 81.4 cm³/mol. The van der Waals surface area contributed by atoms with Crippen LogP contribution in [0.25, 0.3) is 0 Å². The van der Waals surface area contributed by atoms with Crippen molar-refractivity contribution in [1.82, 2.24) is 5.32 Å². The Morgan fingerprint density at radius 3 is 2.47 bits per heavy atom. The fourth-order valence-corrected chi connectivity index (χ4v) is 2.01. The summed E-state index contributed by atoms with van der Waals surface area (Å²) in [5.41, 5.74) is 1.94. The van der Waals surface area contributed by atoms with Crippen molar-refractivity contribution in [2.24, 2.45) is 5.92 Å². The van der Waals surface area contributed by atoms with Crippen LogP contribution in [-0.2, 0) is 0 Å². The summed E-state index contributed by atoms with van der Waals surface area (Å²) < 4.78 is 0. The molecule has 0 aromatic heterocycles. The fraction of sp³-hybridized carbons (Fsp3) is 0.588. The van der Waals surface area contributed by atoms with E-state index in [4.69, 9.17) is 0 Å². The Morgan fingerprint density at radius 2 is 1.84 bits per heavy atom. The lowest BCUT2D eigenvalue weighted by atomic mass is 10.0. The average molecular weight is 261 g/mol. The van der Waals surface area contributed by atoms with Crippen LogP contribution in [-0.4, -0.2) is 12.5 Å². The Labute approximate surface area is 117 Å². The molecule has 1 rings (SSSR count). The number of aryl methyl sites for hydroxylation is 1. The van der Waals surface area contributed by atoms with Crippen molar-refractivity contribution in [1.29, 1.82) is 0 Å². The first-order valence-electron chi connectivity index (χ1n) is 7.48. The second-order valence-electron chi connectivity index (χ2n) is 5.48. The van der Waals surface area contributed by atoms with E-state index in [-0.39, 0.29) is 5.91 Å². The Balaban J connectivity index is 2.12. The second kappa shape index (κ2) is 8.73. The third kappa shape index (κ3) is 6.42. The van der Waals surface area contributed by atoms with Gasteiger partial charge in [0.15, 0.2) is 0 Å². The van der Waals surface area contributed by atoms with Crippen molar-refractivity contribution in [3.8, 4) is 0 Å². The van der Waals surface area contributed by atoms with E-state index in [1.165, 1.54) is 31.2 Å². The summed E-state index contributed by atoms with van der Waals surface area (Å²) in [6.07, 6.45) is 6.13. The van der Waals surface area contributed by atoms with Gasteiger partial charge in [-0.05, 0) is 31.4 Å².